The van der Waals surface area contributed by atoms with E-state index in [-0.39, 0.29) is 31.4 Å². The maximum absolute atomic E-state index is 10.2. The standard InChI is InChI=1S/C18H30N2O3.2ClH/c1-14-10-15(2)18(16(3)11-14)23-13-17(22)12-20-6-4-19(5-7-20)8-9-21;;/h10-11,17,21-22H,4-9,12-13H2,1-3H3;2*1H. The zero-order chi connectivity index (χ0) is 16.8. The number of aliphatic hydroxyl groups excluding tert-OH is 2. The van der Waals surface area contributed by atoms with Crippen molar-refractivity contribution in [2.45, 2.75) is 26.9 Å². The lowest BCUT2D eigenvalue weighted by atomic mass is 10.1. The predicted octanol–water partition coefficient (Wildman–Crippen LogP) is 1.81. The minimum atomic E-state index is -0.487. The predicted molar refractivity (Wildman–Crippen MR) is 107 cm³/mol. The normalized spacial score (nSPS) is 16.7. The van der Waals surface area contributed by atoms with Gasteiger partial charge in [-0.3, -0.25) is 9.80 Å². The maximum Gasteiger partial charge on any atom is 0.125 e. The van der Waals surface area contributed by atoms with E-state index < -0.39 is 6.10 Å². The summed E-state index contributed by atoms with van der Waals surface area (Å²) in [4.78, 5) is 4.51. The zero-order valence-electron chi connectivity index (χ0n) is 15.4. The molecule has 146 valence electrons. The molecule has 0 bridgehead atoms. The molecule has 0 spiro atoms. The van der Waals surface area contributed by atoms with Crippen LogP contribution in [0.25, 0.3) is 0 Å². The monoisotopic (exact) mass is 394 g/mol. The van der Waals surface area contributed by atoms with E-state index in [9.17, 15) is 5.11 Å². The smallest absolute Gasteiger partial charge is 0.125 e. The molecule has 0 radical (unpaired) electrons. The third-order valence-electron chi connectivity index (χ3n) is 4.37. The van der Waals surface area contributed by atoms with Gasteiger partial charge in [-0.25, -0.2) is 0 Å². The number of halogens is 2. The van der Waals surface area contributed by atoms with Crippen LogP contribution in [0.4, 0.5) is 0 Å². The first kappa shape index (κ1) is 24.4. The molecule has 1 fully saturated rings. The molecule has 0 saturated carbocycles. The van der Waals surface area contributed by atoms with Gasteiger partial charge >= 0.3 is 0 Å². The van der Waals surface area contributed by atoms with Gasteiger partial charge in [0.15, 0.2) is 0 Å². The molecule has 1 aromatic carbocycles. The third-order valence-corrected chi connectivity index (χ3v) is 4.37. The SMILES string of the molecule is Cc1cc(C)c(OCC(O)CN2CCN(CCO)CC2)c(C)c1.Cl.Cl. The van der Waals surface area contributed by atoms with E-state index in [4.69, 9.17) is 9.84 Å². The maximum atomic E-state index is 10.2. The number of hydrogen-bond acceptors (Lipinski definition) is 5. The van der Waals surface area contributed by atoms with E-state index in [1.165, 1.54) is 5.56 Å². The first-order valence-electron chi connectivity index (χ1n) is 8.44. The van der Waals surface area contributed by atoms with Gasteiger partial charge in [0.1, 0.15) is 18.5 Å². The lowest BCUT2D eigenvalue weighted by Crippen LogP contribution is -2.49. The van der Waals surface area contributed by atoms with E-state index in [1.54, 1.807) is 0 Å². The number of piperazine rings is 1. The summed E-state index contributed by atoms with van der Waals surface area (Å²) in [5, 5.41) is 19.2. The highest BCUT2D eigenvalue weighted by atomic mass is 35.5. The number of nitrogens with zero attached hydrogens (tertiary/aromatic N) is 2. The first-order valence-corrected chi connectivity index (χ1v) is 8.44. The molecule has 0 aromatic heterocycles. The Morgan fingerprint density at radius 3 is 2.04 bits per heavy atom. The van der Waals surface area contributed by atoms with Crippen LogP contribution in [-0.2, 0) is 0 Å². The van der Waals surface area contributed by atoms with Gasteiger partial charge in [-0.05, 0) is 31.9 Å². The van der Waals surface area contributed by atoms with Crippen molar-refractivity contribution in [3.05, 3.63) is 28.8 Å². The lowest BCUT2D eigenvalue weighted by Gasteiger charge is -2.35. The fourth-order valence-corrected chi connectivity index (χ4v) is 3.26. The molecular weight excluding hydrogens is 363 g/mol. The second-order valence-corrected chi connectivity index (χ2v) is 6.56. The molecule has 1 aliphatic rings. The molecule has 0 amide bonds. The summed E-state index contributed by atoms with van der Waals surface area (Å²) in [5.74, 6) is 0.891. The van der Waals surface area contributed by atoms with Crippen molar-refractivity contribution in [1.82, 2.24) is 9.80 Å². The fourth-order valence-electron chi connectivity index (χ4n) is 3.26. The van der Waals surface area contributed by atoms with Crippen molar-refractivity contribution in [2.24, 2.45) is 0 Å². The Balaban J connectivity index is 0.00000288. The average molecular weight is 395 g/mol. The molecule has 2 N–H and O–H groups in total. The quantitative estimate of drug-likeness (QED) is 0.738. The van der Waals surface area contributed by atoms with Crippen LogP contribution in [0.3, 0.4) is 0 Å². The Kier molecular flexibility index (Phi) is 11.7. The molecule has 5 nitrogen and oxygen atoms in total. The number of ether oxygens (including phenoxy) is 1. The van der Waals surface area contributed by atoms with E-state index in [2.05, 4.69) is 28.9 Å². The molecule has 1 heterocycles. The van der Waals surface area contributed by atoms with Crippen molar-refractivity contribution in [3.8, 4) is 5.75 Å². The van der Waals surface area contributed by atoms with E-state index >= 15 is 0 Å². The molecule has 1 unspecified atom stereocenters. The number of aliphatic hydroxyl groups is 2. The summed E-state index contributed by atoms with van der Waals surface area (Å²) in [7, 11) is 0. The molecule has 25 heavy (non-hydrogen) atoms. The van der Waals surface area contributed by atoms with Crippen molar-refractivity contribution in [2.75, 3.05) is 52.5 Å². The highest BCUT2D eigenvalue weighted by Crippen LogP contribution is 2.24. The highest BCUT2D eigenvalue weighted by Gasteiger charge is 2.19. The topological polar surface area (TPSA) is 56.2 Å². The summed E-state index contributed by atoms with van der Waals surface area (Å²) in [5.41, 5.74) is 3.47. The summed E-state index contributed by atoms with van der Waals surface area (Å²) in [6.07, 6.45) is -0.487. The Labute approximate surface area is 163 Å². The van der Waals surface area contributed by atoms with Crippen LogP contribution in [0.15, 0.2) is 12.1 Å². The summed E-state index contributed by atoms with van der Waals surface area (Å²) in [6, 6.07) is 4.21. The molecule has 0 aliphatic carbocycles. The minimum Gasteiger partial charge on any atom is -0.490 e. The van der Waals surface area contributed by atoms with Crippen molar-refractivity contribution in [1.29, 1.82) is 0 Å². The van der Waals surface area contributed by atoms with Gasteiger partial charge in [0, 0.05) is 39.3 Å². The minimum absolute atomic E-state index is 0. The van der Waals surface area contributed by atoms with Crippen molar-refractivity contribution in [3.63, 3.8) is 0 Å². The van der Waals surface area contributed by atoms with Crippen LogP contribution < -0.4 is 4.74 Å². The Morgan fingerprint density at radius 2 is 1.52 bits per heavy atom. The third kappa shape index (κ3) is 7.69. The van der Waals surface area contributed by atoms with E-state index in [0.29, 0.717) is 13.2 Å². The summed E-state index contributed by atoms with van der Waals surface area (Å²) < 4.78 is 5.87. The van der Waals surface area contributed by atoms with Gasteiger partial charge in [0.05, 0.1) is 6.61 Å². The van der Waals surface area contributed by atoms with E-state index in [1.807, 2.05) is 13.8 Å². The largest absolute Gasteiger partial charge is 0.490 e. The average Bonchev–Trinajstić information content (AvgIpc) is 2.48. The van der Waals surface area contributed by atoms with Crippen LogP contribution >= 0.6 is 24.8 Å². The van der Waals surface area contributed by atoms with Gasteiger partial charge in [0.2, 0.25) is 0 Å². The molecule has 1 aromatic rings. The van der Waals surface area contributed by atoms with Crippen LogP contribution in [0.1, 0.15) is 16.7 Å². The van der Waals surface area contributed by atoms with Gasteiger partial charge in [0.25, 0.3) is 0 Å². The second kappa shape index (κ2) is 11.9. The number of aryl methyl sites for hydroxylation is 3. The first-order chi connectivity index (χ1) is 11.0. The van der Waals surface area contributed by atoms with Crippen molar-refractivity contribution >= 4 is 24.8 Å². The van der Waals surface area contributed by atoms with Gasteiger partial charge in [-0.1, -0.05) is 17.7 Å². The van der Waals surface area contributed by atoms with Crippen LogP contribution in [0.5, 0.6) is 5.75 Å². The van der Waals surface area contributed by atoms with Crippen LogP contribution in [0.2, 0.25) is 0 Å². The number of hydrogen-bond donors (Lipinski definition) is 2. The number of benzene rings is 1. The molecule has 1 saturated heterocycles. The van der Waals surface area contributed by atoms with Gasteiger partial charge < -0.3 is 14.9 Å². The molecule has 2 rings (SSSR count). The Hall–Kier alpha value is -0.560. The van der Waals surface area contributed by atoms with Crippen LogP contribution in [-0.4, -0.2) is 78.6 Å². The number of β-amino-alcohol motifs (C(OH)–C–C–N with tert-alkyl or cyclic N) is 2. The molecule has 7 heteroatoms. The fraction of sp³-hybridized carbons (Fsp3) is 0.667. The molecule has 1 aliphatic heterocycles. The van der Waals surface area contributed by atoms with E-state index in [0.717, 1.165) is 49.6 Å². The molecule has 1 atom stereocenters. The second-order valence-electron chi connectivity index (χ2n) is 6.56. The Morgan fingerprint density at radius 1 is 1.00 bits per heavy atom. The zero-order valence-corrected chi connectivity index (χ0v) is 17.0. The lowest BCUT2D eigenvalue weighted by molar-refractivity contribution is 0.0425. The Bertz CT molecular complexity index is 486. The molecular formula is C18H32Cl2N2O3. The van der Waals surface area contributed by atoms with Crippen LogP contribution in [0, 0.1) is 20.8 Å². The van der Waals surface area contributed by atoms with Gasteiger partial charge in [-0.2, -0.15) is 0 Å². The van der Waals surface area contributed by atoms with Crippen molar-refractivity contribution < 1.29 is 14.9 Å². The summed E-state index contributed by atoms with van der Waals surface area (Å²) >= 11 is 0. The van der Waals surface area contributed by atoms with Gasteiger partial charge in [-0.15, -0.1) is 24.8 Å². The summed E-state index contributed by atoms with van der Waals surface area (Å²) in [6.45, 7) is 11.8. The highest BCUT2D eigenvalue weighted by molar-refractivity contribution is 5.85. The number of rotatable bonds is 7.